The van der Waals surface area contributed by atoms with Crippen LogP contribution in [-0.2, 0) is 9.63 Å². The molecule has 0 atom stereocenters. The Hall–Kier alpha value is -2.13. The van der Waals surface area contributed by atoms with Crippen molar-refractivity contribution in [1.29, 1.82) is 5.26 Å². The summed E-state index contributed by atoms with van der Waals surface area (Å²) in [6.07, 6.45) is 0. The highest BCUT2D eigenvalue weighted by Gasteiger charge is 1.98. The summed E-state index contributed by atoms with van der Waals surface area (Å²) in [5.41, 5.74) is 2.54. The molecular formula is C8H7N3O3. The quantitative estimate of drug-likeness (QED) is 0.671. The van der Waals surface area contributed by atoms with Crippen LogP contribution in [0, 0.1) is 11.3 Å². The Morgan fingerprint density at radius 3 is 3.14 bits per heavy atom. The van der Waals surface area contributed by atoms with Gasteiger partial charge in [-0.05, 0) is 12.1 Å². The van der Waals surface area contributed by atoms with Crippen LogP contribution in [0.5, 0.6) is 0 Å². The van der Waals surface area contributed by atoms with Crippen molar-refractivity contribution >= 4 is 11.8 Å². The molecule has 0 spiro atoms. The normalized spacial score (nSPS) is 9.07. The van der Waals surface area contributed by atoms with Crippen molar-refractivity contribution in [1.82, 2.24) is 4.98 Å². The van der Waals surface area contributed by atoms with Crippen LogP contribution >= 0.6 is 0 Å². The molecule has 0 unspecified atom stereocenters. The SMILES string of the molecule is N#Cc1cccc(NOCC(=O)O)n1. The van der Waals surface area contributed by atoms with E-state index in [0.717, 1.165) is 0 Å². The Labute approximate surface area is 79.7 Å². The number of pyridine rings is 1. The topological polar surface area (TPSA) is 95.2 Å². The molecule has 14 heavy (non-hydrogen) atoms. The van der Waals surface area contributed by atoms with Crippen molar-refractivity contribution in [2.45, 2.75) is 0 Å². The fourth-order valence-electron chi connectivity index (χ4n) is 0.726. The van der Waals surface area contributed by atoms with Gasteiger partial charge in [0, 0.05) is 0 Å². The summed E-state index contributed by atoms with van der Waals surface area (Å²) in [7, 11) is 0. The van der Waals surface area contributed by atoms with Gasteiger partial charge in [-0.1, -0.05) is 6.07 Å². The van der Waals surface area contributed by atoms with Crippen LogP contribution < -0.4 is 5.48 Å². The molecule has 0 radical (unpaired) electrons. The minimum atomic E-state index is -1.09. The summed E-state index contributed by atoms with van der Waals surface area (Å²) in [4.78, 5) is 18.4. The van der Waals surface area contributed by atoms with E-state index in [1.54, 1.807) is 12.1 Å². The van der Waals surface area contributed by atoms with Crippen LogP contribution in [0.3, 0.4) is 0 Å². The van der Waals surface area contributed by atoms with Gasteiger partial charge in [-0.3, -0.25) is 4.84 Å². The van der Waals surface area contributed by atoms with Gasteiger partial charge < -0.3 is 5.11 Å². The molecule has 6 nitrogen and oxygen atoms in total. The lowest BCUT2D eigenvalue weighted by atomic mass is 10.4. The maximum atomic E-state index is 10.1. The Morgan fingerprint density at radius 1 is 1.71 bits per heavy atom. The smallest absolute Gasteiger partial charge is 0.332 e. The molecule has 0 aliphatic heterocycles. The number of nitrogens with one attached hydrogen (secondary N) is 1. The maximum Gasteiger partial charge on any atom is 0.332 e. The summed E-state index contributed by atoms with van der Waals surface area (Å²) in [6, 6.07) is 6.54. The van der Waals surface area contributed by atoms with Crippen LogP contribution in [0.4, 0.5) is 5.82 Å². The predicted molar refractivity (Wildman–Crippen MR) is 46.2 cm³/mol. The number of nitriles is 1. The molecule has 0 aliphatic rings. The zero-order valence-electron chi connectivity index (χ0n) is 7.10. The van der Waals surface area contributed by atoms with E-state index in [4.69, 9.17) is 10.4 Å². The molecule has 0 aliphatic carbocycles. The number of rotatable bonds is 4. The van der Waals surface area contributed by atoms with Crippen LogP contribution in [0.2, 0.25) is 0 Å². The number of hydrogen-bond acceptors (Lipinski definition) is 5. The average molecular weight is 193 g/mol. The molecule has 1 aromatic rings. The van der Waals surface area contributed by atoms with Crippen molar-refractivity contribution in [2.75, 3.05) is 12.1 Å². The van der Waals surface area contributed by atoms with E-state index in [0.29, 0.717) is 5.82 Å². The third kappa shape index (κ3) is 3.08. The second kappa shape index (κ2) is 4.79. The molecule has 1 aromatic heterocycles. The molecular weight excluding hydrogens is 186 g/mol. The van der Waals surface area contributed by atoms with Crippen molar-refractivity contribution in [2.24, 2.45) is 0 Å². The molecule has 72 valence electrons. The van der Waals surface area contributed by atoms with E-state index < -0.39 is 12.6 Å². The van der Waals surface area contributed by atoms with Gasteiger partial charge in [0.15, 0.2) is 12.4 Å². The van der Waals surface area contributed by atoms with Gasteiger partial charge in [0.25, 0.3) is 0 Å². The van der Waals surface area contributed by atoms with Gasteiger partial charge in [-0.15, -0.1) is 0 Å². The zero-order chi connectivity index (χ0) is 10.4. The first-order valence-corrected chi connectivity index (χ1v) is 3.69. The van der Waals surface area contributed by atoms with Crippen LogP contribution in [0.15, 0.2) is 18.2 Å². The summed E-state index contributed by atoms with van der Waals surface area (Å²) in [5, 5.41) is 16.8. The number of aromatic nitrogens is 1. The number of hydrogen-bond donors (Lipinski definition) is 2. The second-order valence-electron chi connectivity index (χ2n) is 2.30. The lowest BCUT2D eigenvalue weighted by Crippen LogP contribution is -2.12. The van der Waals surface area contributed by atoms with Gasteiger partial charge >= 0.3 is 5.97 Å². The first-order chi connectivity index (χ1) is 6.72. The van der Waals surface area contributed by atoms with Crippen molar-refractivity contribution in [3.63, 3.8) is 0 Å². The monoisotopic (exact) mass is 193 g/mol. The molecule has 1 heterocycles. The maximum absolute atomic E-state index is 10.1. The molecule has 0 fully saturated rings. The van der Waals surface area contributed by atoms with Crippen LogP contribution in [0.25, 0.3) is 0 Å². The van der Waals surface area contributed by atoms with Gasteiger partial charge in [0.1, 0.15) is 11.8 Å². The Morgan fingerprint density at radius 2 is 2.50 bits per heavy atom. The number of aliphatic carboxylic acids is 1. The highest BCUT2D eigenvalue weighted by atomic mass is 16.7. The van der Waals surface area contributed by atoms with E-state index in [1.165, 1.54) is 6.07 Å². The van der Waals surface area contributed by atoms with E-state index in [-0.39, 0.29) is 5.69 Å². The van der Waals surface area contributed by atoms with Gasteiger partial charge in [-0.2, -0.15) is 5.26 Å². The van der Waals surface area contributed by atoms with Crippen LogP contribution in [-0.4, -0.2) is 22.7 Å². The highest BCUT2D eigenvalue weighted by Crippen LogP contribution is 2.03. The number of carbonyl (C=O) groups is 1. The fraction of sp³-hybridized carbons (Fsp3) is 0.125. The Bertz CT molecular complexity index is 372. The van der Waals surface area contributed by atoms with Gasteiger partial charge in [-0.25, -0.2) is 15.3 Å². The lowest BCUT2D eigenvalue weighted by Gasteiger charge is -2.02. The minimum absolute atomic E-state index is 0.230. The predicted octanol–water partition coefficient (Wildman–Crippen LogP) is 0.381. The van der Waals surface area contributed by atoms with E-state index in [9.17, 15) is 4.79 Å². The van der Waals surface area contributed by atoms with Gasteiger partial charge in [0.2, 0.25) is 0 Å². The van der Waals surface area contributed by atoms with E-state index >= 15 is 0 Å². The van der Waals surface area contributed by atoms with Crippen LogP contribution in [0.1, 0.15) is 5.69 Å². The summed E-state index contributed by atoms with van der Waals surface area (Å²) >= 11 is 0. The second-order valence-corrected chi connectivity index (χ2v) is 2.30. The standard InChI is InChI=1S/C8H7N3O3/c9-4-6-2-1-3-7(10-6)11-14-5-8(12)13/h1-3H,5H2,(H,10,11)(H,12,13). The number of anilines is 1. The average Bonchev–Trinajstić information content (AvgIpc) is 2.18. The Kier molecular flexibility index (Phi) is 3.41. The molecule has 6 heteroatoms. The molecule has 0 saturated carbocycles. The third-order valence-electron chi connectivity index (χ3n) is 1.24. The molecule has 2 N–H and O–H groups in total. The molecule has 0 bridgehead atoms. The Balaban J connectivity index is 2.51. The minimum Gasteiger partial charge on any atom is -0.479 e. The number of carboxylic acid groups (broad SMARTS) is 1. The first kappa shape index (κ1) is 9.95. The van der Waals surface area contributed by atoms with Gasteiger partial charge in [0.05, 0.1) is 0 Å². The van der Waals surface area contributed by atoms with Crippen molar-refractivity contribution < 1.29 is 14.7 Å². The lowest BCUT2D eigenvalue weighted by molar-refractivity contribution is -0.141. The largest absolute Gasteiger partial charge is 0.479 e. The first-order valence-electron chi connectivity index (χ1n) is 3.69. The third-order valence-corrected chi connectivity index (χ3v) is 1.24. The van der Waals surface area contributed by atoms with E-state index in [2.05, 4.69) is 15.3 Å². The summed E-state index contributed by atoms with van der Waals surface area (Å²) in [5.74, 6) is -0.792. The molecule has 1 rings (SSSR count). The highest BCUT2D eigenvalue weighted by molar-refractivity contribution is 5.68. The van der Waals surface area contributed by atoms with Crippen molar-refractivity contribution in [3.05, 3.63) is 23.9 Å². The van der Waals surface area contributed by atoms with Crippen molar-refractivity contribution in [3.8, 4) is 6.07 Å². The fourth-order valence-corrected chi connectivity index (χ4v) is 0.726. The summed E-state index contributed by atoms with van der Waals surface area (Å²) < 4.78 is 0. The number of nitrogens with zero attached hydrogens (tertiary/aromatic N) is 2. The van der Waals surface area contributed by atoms with E-state index in [1.807, 2.05) is 6.07 Å². The molecule has 0 aromatic carbocycles. The number of carboxylic acids is 1. The zero-order valence-corrected chi connectivity index (χ0v) is 7.10. The summed E-state index contributed by atoms with van der Waals surface area (Å²) in [6.45, 7) is -0.474. The molecule has 0 saturated heterocycles. The molecule has 0 amide bonds.